The topological polar surface area (TPSA) is 103 Å². The van der Waals surface area contributed by atoms with Crippen molar-refractivity contribution in [3.05, 3.63) is 36.2 Å². The number of aromatic amines is 1. The number of nitrogens with zero attached hydrogens (tertiary/aromatic N) is 4. The molecule has 3 rings (SSSR count). The molecule has 8 nitrogen and oxygen atoms in total. The molecule has 1 fully saturated rings. The molecule has 1 aromatic carbocycles. The Bertz CT molecular complexity index is 912. The van der Waals surface area contributed by atoms with Gasteiger partial charge in [0.25, 0.3) is 0 Å². The van der Waals surface area contributed by atoms with E-state index in [1.165, 1.54) is 6.33 Å². The Morgan fingerprint density at radius 3 is 2.82 bits per heavy atom. The van der Waals surface area contributed by atoms with Gasteiger partial charge in [0.1, 0.15) is 6.33 Å². The summed E-state index contributed by atoms with van der Waals surface area (Å²) in [4.78, 5) is 10.9. The lowest BCUT2D eigenvalue weighted by Gasteiger charge is -2.39. The Balaban J connectivity index is 0.00000280. The van der Waals surface area contributed by atoms with Crippen LogP contribution in [0.2, 0.25) is 0 Å². The molecule has 0 bridgehead atoms. The zero-order chi connectivity index (χ0) is 19.5. The summed E-state index contributed by atoms with van der Waals surface area (Å²) in [6.45, 7) is 7.66. The molecule has 28 heavy (non-hydrogen) atoms. The molecule has 0 saturated carbocycles. The molecule has 2 heterocycles. The first-order chi connectivity index (χ1) is 12.8. The molecule has 1 saturated heterocycles. The lowest BCUT2D eigenvalue weighted by molar-refractivity contribution is 0.353. The molecule has 2 aromatic rings. The number of benzene rings is 1. The summed E-state index contributed by atoms with van der Waals surface area (Å²) in [6, 6.07) is 7.97. The highest BCUT2D eigenvalue weighted by Crippen LogP contribution is 2.24. The number of halogens is 1. The van der Waals surface area contributed by atoms with Crippen molar-refractivity contribution in [2.45, 2.75) is 32.1 Å². The van der Waals surface area contributed by atoms with Gasteiger partial charge in [-0.1, -0.05) is 18.2 Å². The number of nitrogens with one attached hydrogen (secondary N) is 2. The van der Waals surface area contributed by atoms with Gasteiger partial charge in [-0.3, -0.25) is 5.10 Å². The maximum absolute atomic E-state index is 12.3. The normalized spacial score (nSPS) is 18.4. The van der Waals surface area contributed by atoms with Gasteiger partial charge in [0.05, 0.1) is 17.0 Å². The van der Waals surface area contributed by atoms with E-state index in [-0.39, 0.29) is 29.7 Å². The van der Waals surface area contributed by atoms with Crippen LogP contribution in [0.4, 0.5) is 0 Å². The third-order valence-electron chi connectivity index (χ3n) is 4.70. The van der Waals surface area contributed by atoms with Gasteiger partial charge in [0, 0.05) is 25.2 Å². The van der Waals surface area contributed by atoms with Crippen LogP contribution in [0.5, 0.6) is 0 Å². The summed E-state index contributed by atoms with van der Waals surface area (Å²) in [5.74, 6) is 1.60. The fourth-order valence-corrected chi connectivity index (χ4v) is 4.44. The predicted molar refractivity (Wildman–Crippen MR) is 121 cm³/mol. The van der Waals surface area contributed by atoms with Crippen LogP contribution in [-0.4, -0.2) is 64.6 Å². The van der Waals surface area contributed by atoms with Crippen LogP contribution in [0.15, 0.2) is 35.6 Å². The second-order valence-electron chi connectivity index (χ2n) is 7.20. The highest BCUT2D eigenvalue weighted by Gasteiger charge is 2.40. The van der Waals surface area contributed by atoms with Crippen molar-refractivity contribution in [1.29, 1.82) is 0 Å². The van der Waals surface area contributed by atoms with Crippen molar-refractivity contribution in [1.82, 2.24) is 25.4 Å². The highest BCUT2D eigenvalue weighted by molar-refractivity contribution is 14.0. The molecule has 0 aliphatic carbocycles. The number of guanidine groups is 1. The minimum absolute atomic E-state index is 0. The molecule has 0 amide bonds. The van der Waals surface area contributed by atoms with Crippen molar-refractivity contribution < 1.29 is 8.42 Å². The minimum Gasteiger partial charge on any atom is -0.357 e. The Kier molecular flexibility index (Phi) is 7.43. The van der Waals surface area contributed by atoms with Crippen molar-refractivity contribution in [3.8, 4) is 11.4 Å². The maximum Gasteiger partial charge on any atom is 0.194 e. The van der Waals surface area contributed by atoms with E-state index in [1.807, 2.05) is 36.1 Å². The standard InChI is InChI=1S/C18H26N6O2S.HI/c1-4-19-17(24-8-9-27(25,26)18(2,3)12-24)20-11-14-6-5-7-15(10-14)16-21-13-22-23-16;/h5-7,10,13H,4,8-9,11-12H2,1-3H3,(H,19,20)(H,21,22,23);1H. The highest BCUT2D eigenvalue weighted by atomic mass is 127. The average molecular weight is 518 g/mol. The van der Waals surface area contributed by atoms with Crippen LogP contribution in [0.1, 0.15) is 26.3 Å². The molecule has 0 unspecified atom stereocenters. The Hall–Kier alpha value is -1.69. The third kappa shape index (κ3) is 5.02. The fraction of sp³-hybridized carbons (Fsp3) is 0.500. The van der Waals surface area contributed by atoms with Crippen LogP contribution in [0.3, 0.4) is 0 Å². The van der Waals surface area contributed by atoms with Gasteiger partial charge in [0.2, 0.25) is 0 Å². The Labute approximate surface area is 183 Å². The first-order valence-corrected chi connectivity index (χ1v) is 10.7. The second-order valence-corrected chi connectivity index (χ2v) is 9.95. The van der Waals surface area contributed by atoms with Gasteiger partial charge in [-0.15, -0.1) is 24.0 Å². The molecule has 1 aromatic heterocycles. The number of hydrogen-bond acceptors (Lipinski definition) is 5. The summed E-state index contributed by atoms with van der Waals surface area (Å²) >= 11 is 0. The molecule has 154 valence electrons. The molecular formula is C18H27IN6O2S. The lowest BCUT2D eigenvalue weighted by Crippen LogP contribution is -2.57. The monoisotopic (exact) mass is 518 g/mol. The Morgan fingerprint density at radius 2 is 2.18 bits per heavy atom. The van der Waals surface area contributed by atoms with E-state index < -0.39 is 14.6 Å². The van der Waals surface area contributed by atoms with Gasteiger partial charge in [-0.05, 0) is 32.4 Å². The van der Waals surface area contributed by atoms with Gasteiger partial charge in [-0.2, -0.15) is 5.10 Å². The summed E-state index contributed by atoms with van der Waals surface area (Å²) in [5, 5.41) is 10.0. The number of aliphatic imine (C=N–C) groups is 1. The van der Waals surface area contributed by atoms with Crippen LogP contribution < -0.4 is 5.32 Å². The first kappa shape index (κ1) is 22.6. The second kappa shape index (κ2) is 9.21. The minimum atomic E-state index is -3.08. The number of sulfone groups is 1. The number of rotatable bonds is 4. The van der Waals surface area contributed by atoms with Crippen molar-refractivity contribution >= 4 is 39.8 Å². The van der Waals surface area contributed by atoms with Crippen LogP contribution in [0, 0.1) is 0 Å². The van der Waals surface area contributed by atoms with E-state index in [9.17, 15) is 8.42 Å². The van der Waals surface area contributed by atoms with Crippen molar-refractivity contribution in [3.63, 3.8) is 0 Å². The molecule has 1 aliphatic heterocycles. The number of hydrogen-bond donors (Lipinski definition) is 2. The van der Waals surface area contributed by atoms with Crippen LogP contribution in [0.25, 0.3) is 11.4 Å². The smallest absolute Gasteiger partial charge is 0.194 e. The predicted octanol–water partition coefficient (Wildman–Crippen LogP) is 2.06. The Morgan fingerprint density at radius 1 is 1.39 bits per heavy atom. The SMILES string of the molecule is CCNC(=NCc1cccc(-c2ncn[nH]2)c1)N1CCS(=O)(=O)C(C)(C)C1.I. The summed E-state index contributed by atoms with van der Waals surface area (Å²) in [6.07, 6.45) is 1.48. The first-order valence-electron chi connectivity index (χ1n) is 9.02. The molecule has 0 spiro atoms. The molecule has 10 heteroatoms. The number of H-pyrrole nitrogens is 1. The van der Waals surface area contributed by atoms with Gasteiger partial charge in [0.15, 0.2) is 21.6 Å². The summed E-state index contributed by atoms with van der Waals surface area (Å²) in [5.41, 5.74) is 2.00. The quantitative estimate of drug-likeness (QED) is 0.365. The summed E-state index contributed by atoms with van der Waals surface area (Å²) < 4.78 is 23.7. The molecule has 0 radical (unpaired) electrons. The van der Waals surface area contributed by atoms with E-state index in [1.54, 1.807) is 13.8 Å². The van der Waals surface area contributed by atoms with E-state index in [0.29, 0.717) is 19.6 Å². The molecular weight excluding hydrogens is 491 g/mol. The average Bonchev–Trinajstić information content (AvgIpc) is 3.16. The fourth-order valence-electron chi connectivity index (χ4n) is 3.08. The van der Waals surface area contributed by atoms with Gasteiger partial charge in [-0.25, -0.2) is 18.4 Å². The van der Waals surface area contributed by atoms with E-state index in [4.69, 9.17) is 4.99 Å². The van der Waals surface area contributed by atoms with Crippen LogP contribution in [-0.2, 0) is 16.4 Å². The maximum atomic E-state index is 12.3. The molecule has 2 N–H and O–H groups in total. The van der Waals surface area contributed by atoms with Gasteiger partial charge < -0.3 is 10.2 Å². The third-order valence-corrected chi connectivity index (χ3v) is 7.24. The van der Waals surface area contributed by atoms with Crippen molar-refractivity contribution in [2.75, 3.05) is 25.4 Å². The largest absolute Gasteiger partial charge is 0.357 e. The van der Waals surface area contributed by atoms with E-state index in [2.05, 4.69) is 20.5 Å². The lowest BCUT2D eigenvalue weighted by atomic mass is 10.1. The zero-order valence-corrected chi connectivity index (χ0v) is 19.5. The van der Waals surface area contributed by atoms with Crippen LogP contribution >= 0.6 is 24.0 Å². The molecule has 1 aliphatic rings. The zero-order valence-electron chi connectivity index (χ0n) is 16.3. The van der Waals surface area contributed by atoms with E-state index in [0.717, 1.165) is 29.5 Å². The van der Waals surface area contributed by atoms with Gasteiger partial charge >= 0.3 is 0 Å². The summed E-state index contributed by atoms with van der Waals surface area (Å²) in [7, 11) is -3.08. The molecule has 0 atom stereocenters. The van der Waals surface area contributed by atoms with Crippen molar-refractivity contribution in [2.24, 2.45) is 4.99 Å². The van der Waals surface area contributed by atoms with E-state index >= 15 is 0 Å². The number of aromatic nitrogens is 3.